The molecule has 2 aromatic rings. The Morgan fingerprint density at radius 3 is 2.42 bits per heavy atom. The van der Waals surface area contributed by atoms with Gasteiger partial charge in [0.05, 0.1) is 6.54 Å². The molecule has 1 amide bonds. The Kier molecular flexibility index (Phi) is 3.97. The molecule has 0 unspecified atom stereocenters. The highest BCUT2D eigenvalue weighted by atomic mass is 16.4. The van der Waals surface area contributed by atoms with Crippen molar-refractivity contribution in [1.29, 1.82) is 0 Å². The van der Waals surface area contributed by atoms with E-state index in [4.69, 9.17) is 5.73 Å². The molecule has 0 saturated carbocycles. The summed E-state index contributed by atoms with van der Waals surface area (Å²) in [4.78, 5) is 16.6. The number of carboxylic acid groups (broad SMARTS) is 1. The monoisotopic (exact) mass is 257 g/mol. The van der Waals surface area contributed by atoms with Crippen molar-refractivity contribution in [2.45, 2.75) is 13.1 Å². The van der Waals surface area contributed by atoms with Crippen LogP contribution < -0.4 is 5.73 Å². The third-order valence-electron chi connectivity index (χ3n) is 2.72. The summed E-state index contributed by atoms with van der Waals surface area (Å²) in [6, 6.07) is 10.8. The van der Waals surface area contributed by atoms with Gasteiger partial charge < -0.3 is 10.8 Å². The Morgan fingerprint density at radius 1 is 1.16 bits per heavy atom. The predicted octanol–water partition coefficient (Wildman–Crippen LogP) is 2.34. The fourth-order valence-electron chi connectivity index (χ4n) is 1.75. The summed E-state index contributed by atoms with van der Waals surface area (Å²) in [6.07, 6.45) is 2.37. The number of hydrogen-bond acceptors (Lipinski definition) is 3. The first-order valence-corrected chi connectivity index (χ1v) is 5.86. The molecule has 1 aromatic carbocycles. The van der Waals surface area contributed by atoms with Gasteiger partial charge in [-0.3, -0.25) is 9.88 Å². The molecule has 5 nitrogen and oxygen atoms in total. The van der Waals surface area contributed by atoms with Crippen LogP contribution in [0.5, 0.6) is 0 Å². The third-order valence-corrected chi connectivity index (χ3v) is 2.72. The van der Waals surface area contributed by atoms with Gasteiger partial charge in [0.1, 0.15) is 0 Å². The second-order valence-corrected chi connectivity index (χ2v) is 4.24. The van der Waals surface area contributed by atoms with Crippen molar-refractivity contribution >= 4 is 11.8 Å². The van der Waals surface area contributed by atoms with Gasteiger partial charge in [-0.15, -0.1) is 0 Å². The minimum absolute atomic E-state index is 0.313. The number of nitrogen functional groups attached to an aromatic ring is 1. The van der Waals surface area contributed by atoms with Gasteiger partial charge in [-0.25, -0.2) is 4.79 Å². The molecule has 19 heavy (non-hydrogen) atoms. The summed E-state index contributed by atoms with van der Waals surface area (Å²) in [5, 5.41) is 9.23. The van der Waals surface area contributed by atoms with Crippen molar-refractivity contribution < 1.29 is 9.90 Å². The second-order valence-electron chi connectivity index (χ2n) is 4.24. The van der Waals surface area contributed by atoms with Crippen LogP contribution in [0.15, 0.2) is 48.8 Å². The topological polar surface area (TPSA) is 79.5 Å². The van der Waals surface area contributed by atoms with E-state index in [0.29, 0.717) is 18.8 Å². The van der Waals surface area contributed by atoms with Gasteiger partial charge in [0.15, 0.2) is 0 Å². The maximum Gasteiger partial charge on any atom is 0.407 e. The van der Waals surface area contributed by atoms with E-state index in [1.54, 1.807) is 30.6 Å². The minimum Gasteiger partial charge on any atom is -0.465 e. The standard InChI is InChI=1S/C14H15N3O2/c15-13-5-3-11(4-6-13)9-17(14(18)19)10-12-2-1-7-16-8-12/h1-8H,9-10,15H2,(H,18,19). The summed E-state index contributed by atoms with van der Waals surface area (Å²) in [6.45, 7) is 0.637. The predicted molar refractivity (Wildman–Crippen MR) is 72.4 cm³/mol. The Labute approximate surface area is 111 Å². The number of rotatable bonds is 4. The molecule has 0 bridgehead atoms. The van der Waals surface area contributed by atoms with E-state index >= 15 is 0 Å². The third kappa shape index (κ3) is 3.70. The lowest BCUT2D eigenvalue weighted by Crippen LogP contribution is -2.28. The normalized spacial score (nSPS) is 10.1. The molecule has 0 fully saturated rings. The lowest BCUT2D eigenvalue weighted by molar-refractivity contribution is 0.139. The highest BCUT2D eigenvalue weighted by Gasteiger charge is 2.12. The van der Waals surface area contributed by atoms with Crippen LogP contribution in [0.4, 0.5) is 10.5 Å². The summed E-state index contributed by atoms with van der Waals surface area (Å²) in [5.74, 6) is 0. The summed E-state index contributed by atoms with van der Waals surface area (Å²) in [7, 11) is 0. The summed E-state index contributed by atoms with van der Waals surface area (Å²) < 4.78 is 0. The molecule has 0 radical (unpaired) electrons. The van der Waals surface area contributed by atoms with Gasteiger partial charge in [-0.05, 0) is 29.3 Å². The number of benzene rings is 1. The smallest absolute Gasteiger partial charge is 0.407 e. The van der Waals surface area contributed by atoms with E-state index in [0.717, 1.165) is 11.1 Å². The number of aromatic nitrogens is 1. The Bertz CT molecular complexity index is 540. The molecule has 98 valence electrons. The zero-order chi connectivity index (χ0) is 13.7. The fourth-order valence-corrected chi connectivity index (χ4v) is 1.75. The highest BCUT2D eigenvalue weighted by molar-refractivity contribution is 5.65. The first kappa shape index (κ1) is 12.9. The molecular formula is C14H15N3O2. The largest absolute Gasteiger partial charge is 0.465 e. The van der Waals surface area contributed by atoms with E-state index in [9.17, 15) is 9.90 Å². The maximum absolute atomic E-state index is 11.3. The summed E-state index contributed by atoms with van der Waals surface area (Å²) >= 11 is 0. The van der Waals surface area contributed by atoms with Crippen molar-refractivity contribution in [3.63, 3.8) is 0 Å². The Hall–Kier alpha value is -2.56. The van der Waals surface area contributed by atoms with E-state index in [2.05, 4.69) is 4.98 Å². The van der Waals surface area contributed by atoms with E-state index in [-0.39, 0.29) is 0 Å². The van der Waals surface area contributed by atoms with Crippen LogP contribution in [0.25, 0.3) is 0 Å². The van der Waals surface area contributed by atoms with E-state index in [1.165, 1.54) is 4.90 Å². The lowest BCUT2D eigenvalue weighted by atomic mass is 10.2. The Balaban J connectivity index is 2.08. The number of nitrogens with two attached hydrogens (primary N) is 1. The highest BCUT2D eigenvalue weighted by Crippen LogP contribution is 2.11. The molecular weight excluding hydrogens is 242 g/mol. The molecule has 0 aliphatic heterocycles. The average molecular weight is 257 g/mol. The molecule has 5 heteroatoms. The van der Waals surface area contributed by atoms with Crippen LogP contribution in [0.2, 0.25) is 0 Å². The molecule has 1 aromatic heterocycles. The van der Waals surface area contributed by atoms with Crippen LogP contribution in [0.3, 0.4) is 0 Å². The van der Waals surface area contributed by atoms with Crippen molar-refractivity contribution in [2.24, 2.45) is 0 Å². The van der Waals surface area contributed by atoms with Gasteiger partial charge >= 0.3 is 6.09 Å². The molecule has 0 saturated heterocycles. The van der Waals surface area contributed by atoms with Gasteiger partial charge in [0.25, 0.3) is 0 Å². The number of carbonyl (C=O) groups is 1. The van der Waals surface area contributed by atoms with E-state index in [1.807, 2.05) is 18.2 Å². The fraction of sp³-hybridized carbons (Fsp3) is 0.143. The molecule has 0 atom stereocenters. The van der Waals surface area contributed by atoms with Crippen molar-refractivity contribution in [3.05, 3.63) is 59.9 Å². The zero-order valence-electron chi connectivity index (χ0n) is 10.4. The maximum atomic E-state index is 11.3. The quantitative estimate of drug-likeness (QED) is 0.824. The lowest BCUT2D eigenvalue weighted by Gasteiger charge is -2.19. The second kappa shape index (κ2) is 5.86. The average Bonchev–Trinajstić information content (AvgIpc) is 2.41. The minimum atomic E-state index is -0.958. The van der Waals surface area contributed by atoms with Gasteiger partial charge in [-0.1, -0.05) is 18.2 Å². The Morgan fingerprint density at radius 2 is 1.84 bits per heavy atom. The number of anilines is 1. The molecule has 2 rings (SSSR count). The van der Waals surface area contributed by atoms with Crippen LogP contribution in [0.1, 0.15) is 11.1 Å². The summed E-state index contributed by atoms with van der Waals surface area (Å²) in [5.41, 5.74) is 8.03. The van der Waals surface area contributed by atoms with Crippen LogP contribution in [0, 0.1) is 0 Å². The van der Waals surface area contributed by atoms with Crippen LogP contribution in [-0.4, -0.2) is 21.1 Å². The van der Waals surface area contributed by atoms with Gasteiger partial charge in [0.2, 0.25) is 0 Å². The SMILES string of the molecule is Nc1ccc(CN(Cc2cccnc2)C(=O)O)cc1. The number of pyridine rings is 1. The molecule has 1 heterocycles. The molecule has 0 aliphatic rings. The van der Waals surface area contributed by atoms with Crippen molar-refractivity contribution in [2.75, 3.05) is 5.73 Å². The van der Waals surface area contributed by atoms with Gasteiger partial charge in [0, 0.05) is 24.6 Å². The number of hydrogen-bond donors (Lipinski definition) is 2. The molecule has 0 aliphatic carbocycles. The zero-order valence-corrected chi connectivity index (χ0v) is 10.4. The number of nitrogens with zero attached hydrogens (tertiary/aromatic N) is 2. The number of amides is 1. The van der Waals surface area contributed by atoms with Crippen LogP contribution >= 0.6 is 0 Å². The van der Waals surface area contributed by atoms with E-state index < -0.39 is 6.09 Å². The van der Waals surface area contributed by atoms with Gasteiger partial charge in [-0.2, -0.15) is 0 Å². The van der Waals surface area contributed by atoms with Crippen molar-refractivity contribution in [3.8, 4) is 0 Å². The van der Waals surface area contributed by atoms with Crippen molar-refractivity contribution in [1.82, 2.24) is 9.88 Å². The first-order valence-electron chi connectivity index (χ1n) is 5.86. The first-order chi connectivity index (χ1) is 9.15. The molecule has 0 spiro atoms. The molecule has 3 N–H and O–H groups in total. The van der Waals surface area contributed by atoms with Crippen LogP contribution in [-0.2, 0) is 13.1 Å².